The summed E-state index contributed by atoms with van der Waals surface area (Å²) in [5, 5.41) is 3.40. The number of aromatic nitrogens is 1. The Kier molecular flexibility index (Phi) is 4.97. The summed E-state index contributed by atoms with van der Waals surface area (Å²) in [5.74, 6) is 0.636. The molecule has 2 aromatic carbocycles. The lowest BCUT2D eigenvalue weighted by Gasteiger charge is -2.45. The molecule has 0 saturated carbocycles. The first-order valence-electron chi connectivity index (χ1n) is 10.7. The van der Waals surface area contributed by atoms with E-state index >= 15 is 0 Å². The van der Waals surface area contributed by atoms with Crippen LogP contribution >= 0.6 is 11.6 Å². The molecule has 0 unspecified atom stereocenters. The zero-order valence-corrected chi connectivity index (χ0v) is 18.8. The van der Waals surface area contributed by atoms with Gasteiger partial charge in [0.05, 0.1) is 11.4 Å². The van der Waals surface area contributed by atoms with Crippen LogP contribution in [0.25, 0.3) is 5.69 Å². The number of piperidine rings is 1. The van der Waals surface area contributed by atoms with Crippen molar-refractivity contribution in [2.24, 2.45) is 0 Å². The highest BCUT2D eigenvalue weighted by atomic mass is 35.5. The Morgan fingerprint density at radius 1 is 1.12 bits per heavy atom. The van der Waals surface area contributed by atoms with Crippen LogP contribution in [0, 0.1) is 6.92 Å². The first kappa shape index (κ1) is 20.6. The first-order valence-corrected chi connectivity index (χ1v) is 11.1. The Balaban J connectivity index is 0.00000259. The number of rotatable bonds is 2. The van der Waals surface area contributed by atoms with Gasteiger partial charge in [-0.1, -0.05) is 11.6 Å². The molecule has 2 aliphatic rings. The van der Waals surface area contributed by atoms with Crippen molar-refractivity contribution >= 4 is 29.1 Å². The predicted molar refractivity (Wildman–Crippen MR) is 126 cm³/mol. The van der Waals surface area contributed by atoms with Crippen molar-refractivity contribution < 1.29 is 15.8 Å². The van der Waals surface area contributed by atoms with E-state index in [1.165, 1.54) is 6.92 Å². The number of carbonyl (C=O) groups is 2. The van der Waals surface area contributed by atoms with E-state index in [0.717, 1.165) is 22.7 Å². The van der Waals surface area contributed by atoms with Crippen molar-refractivity contribution in [2.45, 2.75) is 32.3 Å². The highest BCUT2D eigenvalue weighted by Crippen LogP contribution is 2.45. The summed E-state index contributed by atoms with van der Waals surface area (Å²) in [6, 6.07) is 15.2. The molecule has 0 bridgehead atoms. The number of amides is 2. The van der Waals surface area contributed by atoms with Crippen LogP contribution in [0.5, 0.6) is 5.75 Å². The molecule has 1 saturated heterocycles. The molecule has 7 heteroatoms. The molecular formula is C25H26ClN3O3. The van der Waals surface area contributed by atoms with E-state index in [9.17, 15) is 9.59 Å². The van der Waals surface area contributed by atoms with Crippen LogP contribution in [0.1, 0.15) is 42.8 Å². The topological polar surface area (TPSA) is 63.6 Å². The second-order valence-corrected chi connectivity index (χ2v) is 8.91. The Bertz CT molecular complexity index is 1230. The maximum Gasteiger partial charge on any atom is 0.254 e. The SMILES string of the molecule is CC(=O)Nc1ccc(C(=O)N2CCC3(CC2)Oc2cc(Cl)ccc2-n2cccc23)c(C)c1.[HH]. The van der Waals surface area contributed by atoms with Crippen LogP contribution < -0.4 is 10.1 Å². The van der Waals surface area contributed by atoms with Crippen LogP contribution in [0.2, 0.25) is 5.02 Å². The van der Waals surface area contributed by atoms with Gasteiger partial charge in [-0.05, 0) is 55.0 Å². The standard InChI is InChI=1S/C25H24ClN3O3.H2/c1-16-14-19(27-17(2)30)6-7-20(16)24(31)28-12-9-25(10-13-28)23-4-3-11-29(23)21-8-5-18(26)15-22(21)32-25;/h3-8,11,14-15H,9-10,12-13H2,1-2H3,(H,27,30);1H. The van der Waals surface area contributed by atoms with Gasteiger partial charge in [0.2, 0.25) is 5.91 Å². The smallest absolute Gasteiger partial charge is 0.254 e. The molecule has 5 rings (SSSR count). The number of fused-ring (bicyclic) bond motifs is 4. The lowest BCUT2D eigenvalue weighted by molar-refractivity contribution is -0.114. The molecule has 32 heavy (non-hydrogen) atoms. The number of hydrogen-bond donors (Lipinski definition) is 1. The number of nitrogens with one attached hydrogen (secondary N) is 1. The second-order valence-electron chi connectivity index (χ2n) is 8.47. The zero-order valence-electron chi connectivity index (χ0n) is 18.0. The summed E-state index contributed by atoms with van der Waals surface area (Å²) in [4.78, 5) is 26.4. The third-order valence-electron chi connectivity index (χ3n) is 6.34. The fourth-order valence-corrected chi connectivity index (χ4v) is 4.94. The third-order valence-corrected chi connectivity index (χ3v) is 6.57. The third kappa shape index (κ3) is 3.45. The molecule has 3 heterocycles. The predicted octanol–water partition coefficient (Wildman–Crippen LogP) is 5.17. The van der Waals surface area contributed by atoms with Gasteiger partial charge in [0.25, 0.3) is 5.91 Å². The number of carbonyl (C=O) groups excluding carboxylic acids is 2. The summed E-state index contributed by atoms with van der Waals surface area (Å²) >= 11 is 6.23. The summed E-state index contributed by atoms with van der Waals surface area (Å²) in [6.07, 6.45) is 3.43. The van der Waals surface area contributed by atoms with Crippen molar-refractivity contribution in [1.82, 2.24) is 9.47 Å². The number of halogens is 1. The molecule has 0 aliphatic carbocycles. The van der Waals surface area contributed by atoms with Crippen LogP contribution in [-0.2, 0) is 10.4 Å². The highest BCUT2D eigenvalue weighted by Gasteiger charge is 2.44. The van der Waals surface area contributed by atoms with Crippen molar-refractivity contribution in [3.63, 3.8) is 0 Å². The minimum absolute atomic E-state index is 0. The summed E-state index contributed by atoms with van der Waals surface area (Å²) in [5.41, 5.74) is 3.79. The number of hydrogen-bond acceptors (Lipinski definition) is 3. The van der Waals surface area contributed by atoms with Crippen LogP contribution in [0.15, 0.2) is 54.7 Å². The number of aryl methyl sites for hydroxylation is 1. The van der Waals surface area contributed by atoms with Crippen molar-refractivity contribution in [3.8, 4) is 11.4 Å². The van der Waals surface area contributed by atoms with Gasteiger partial charge in [0.1, 0.15) is 5.75 Å². The van der Waals surface area contributed by atoms with E-state index < -0.39 is 5.60 Å². The number of ether oxygens (including phenoxy) is 1. The lowest BCUT2D eigenvalue weighted by atomic mass is 9.86. The van der Waals surface area contributed by atoms with Gasteiger partial charge in [-0.15, -0.1) is 0 Å². The first-order chi connectivity index (χ1) is 15.4. The van der Waals surface area contributed by atoms with E-state index in [-0.39, 0.29) is 13.2 Å². The maximum atomic E-state index is 13.2. The molecule has 1 spiro atoms. The molecule has 166 valence electrons. The summed E-state index contributed by atoms with van der Waals surface area (Å²) in [7, 11) is 0. The van der Waals surface area contributed by atoms with Crippen molar-refractivity contribution in [2.75, 3.05) is 18.4 Å². The molecule has 1 fully saturated rings. The quantitative estimate of drug-likeness (QED) is 0.584. The number of nitrogens with zero attached hydrogens (tertiary/aromatic N) is 2. The summed E-state index contributed by atoms with van der Waals surface area (Å²) < 4.78 is 8.72. The zero-order chi connectivity index (χ0) is 22.5. The van der Waals surface area contributed by atoms with Crippen molar-refractivity contribution in [3.05, 3.63) is 76.6 Å². The fourth-order valence-electron chi connectivity index (χ4n) is 4.78. The van der Waals surface area contributed by atoms with Gasteiger partial charge >= 0.3 is 0 Å². The average Bonchev–Trinajstić information content (AvgIpc) is 3.25. The van der Waals surface area contributed by atoms with Crippen LogP contribution in [-0.4, -0.2) is 34.4 Å². The number of likely N-dealkylation sites (tertiary alicyclic amines) is 1. The molecule has 3 aromatic rings. The van der Waals surface area contributed by atoms with Gasteiger partial charge in [-0.3, -0.25) is 9.59 Å². The number of benzene rings is 2. The molecule has 2 amide bonds. The van der Waals surface area contributed by atoms with E-state index in [0.29, 0.717) is 42.2 Å². The Hall–Kier alpha value is -3.25. The van der Waals surface area contributed by atoms with Gasteiger partial charge in [-0.25, -0.2) is 0 Å². The molecule has 1 N–H and O–H groups in total. The number of anilines is 1. The average molecular weight is 452 g/mol. The second kappa shape index (κ2) is 7.71. The van der Waals surface area contributed by atoms with Crippen molar-refractivity contribution in [1.29, 1.82) is 0 Å². The Morgan fingerprint density at radius 2 is 1.91 bits per heavy atom. The van der Waals surface area contributed by atoms with E-state index in [2.05, 4.69) is 16.0 Å². The Morgan fingerprint density at radius 3 is 2.62 bits per heavy atom. The minimum atomic E-state index is -0.484. The summed E-state index contributed by atoms with van der Waals surface area (Å²) in [6.45, 7) is 4.54. The largest absolute Gasteiger partial charge is 0.479 e. The molecule has 2 aliphatic heterocycles. The highest BCUT2D eigenvalue weighted by molar-refractivity contribution is 6.30. The minimum Gasteiger partial charge on any atom is -0.479 e. The van der Waals surface area contributed by atoms with E-state index in [1.807, 2.05) is 48.4 Å². The molecule has 0 atom stereocenters. The normalized spacial score (nSPS) is 16.2. The molecule has 6 nitrogen and oxygen atoms in total. The fraction of sp³-hybridized carbons (Fsp3) is 0.280. The van der Waals surface area contributed by atoms with Gasteiger partial charge < -0.3 is 19.5 Å². The molecular weight excluding hydrogens is 426 g/mol. The monoisotopic (exact) mass is 451 g/mol. The molecule has 0 radical (unpaired) electrons. The Labute approximate surface area is 193 Å². The molecule has 1 aromatic heterocycles. The van der Waals surface area contributed by atoms with Gasteiger partial charge in [-0.2, -0.15) is 0 Å². The van der Waals surface area contributed by atoms with Gasteiger partial charge in [0, 0.05) is 62.8 Å². The van der Waals surface area contributed by atoms with Crippen LogP contribution in [0.4, 0.5) is 5.69 Å². The van der Waals surface area contributed by atoms with Gasteiger partial charge in [0.15, 0.2) is 5.60 Å². The van der Waals surface area contributed by atoms with E-state index in [4.69, 9.17) is 16.3 Å². The lowest BCUT2D eigenvalue weighted by Crippen LogP contribution is -2.50. The van der Waals surface area contributed by atoms with E-state index in [1.54, 1.807) is 12.1 Å². The maximum absolute atomic E-state index is 13.2. The van der Waals surface area contributed by atoms with Crippen LogP contribution in [0.3, 0.4) is 0 Å².